The van der Waals surface area contributed by atoms with E-state index >= 15 is 0 Å². The Labute approximate surface area is 103 Å². The van der Waals surface area contributed by atoms with Crippen molar-refractivity contribution >= 4 is 10.8 Å². The number of rotatable bonds is 5. The maximum absolute atomic E-state index is 5.64. The van der Waals surface area contributed by atoms with Crippen LogP contribution in [0, 0.1) is 0 Å². The maximum atomic E-state index is 5.64. The lowest BCUT2D eigenvalue weighted by molar-refractivity contribution is 0.495. The molecular formula is C15H20N2. The van der Waals surface area contributed by atoms with Crippen LogP contribution in [0.3, 0.4) is 0 Å². The second-order valence-corrected chi connectivity index (χ2v) is 4.47. The molecule has 0 saturated carbocycles. The van der Waals surface area contributed by atoms with Crippen LogP contribution in [0.25, 0.3) is 10.8 Å². The molecule has 0 heterocycles. The monoisotopic (exact) mass is 228 g/mol. The quantitative estimate of drug-likeness (QED) is 0.607. The fourth-order valence-electron chi connectivity index (χ4n) is 2.18. The van der Waals surface area contributed by atoms with Gasteiger partial charge in [-0.1, -0.05) is 56.2 Å². The van der Waals surface area contributed by atoms with Crippen molar-refractivity contribution in [3.05, 3.63) is 48.0 Å². The number of nitrogens with one attached hydrogen (secondary N) is 1. The Bertz CT molecular complexity index is 479. The van der Waals surface area contributed by atoms with Gasteiger partial charge in [0.05, 0.1) is 0 Å². The van der Waals surface area contributed by atoms with E-state index in [-0.39, 0.29) is 6.04 Å². The fourth-order valence-corrected chi connectivity index (χ4v) is 2.18. The predicted octanol–water partition coefficient (Wildman–Crippen LogP) is 3.53. The van der Waals surface area contributed by atoms with Gasteiger partial charge in [-0.25, -0.2) is 0 Å². The standard InChI is InChI=1S/C15H20N2/c1-2-3-8-15(17-16)14-10-9-12-6-4-5-7-13(12)11-14/h4-7,9-11,15,17H,2-3,8,16H2,1H3. The summed E-state index contributed by atoms with van der Waals surface area (Å²) in [6, 6.07) is 15.3. The molecule has 0 aliphatic heterocycles. The lowest BCUT2D eigenvalue weighted by atomic mass is 9.98. The van der Waals surface area contributed by atoms with Crippen molar-refractivity contribution in [2.45, 2.75) is 32.2 Å². The Balaban J connectivity index is 2.27. The minimum Gasteiger partial charge on any atom is -0.271 e. The van der Waals surface area contributed by atoms with Gasteiger partial charge in [-0.05, 0) is 28.8 Å². The molecule has 3 N–H and O–H groups in total. The van der Waals surface area contributed by atoms with E-state index in [1.165, 1.54) is 29.2 Å². The summed E-state index contributed by atoms with van der Waals surface area (Å²) in [6.45, 7) is 2.20. The van der Waals surface area contributed by atoms with E-state index in [0.29, 0.717) is 0 Å². The molecule has 1 unspecified atom stereocenters. The molecule has 0 spiro atoms. The Morgan fingerprint density at radius 2 is 1.88 bits per heavy atom. The van der Waals surface area contributed by atoms with E-state index in [2.05, 4.69) is 54.8 Å². The second kappa shape index (κ2) is 5.80. The molecule has 2 rings (SSSR count). The van der Waals surface area contributed by atoms with Gasteiger partial charge in [-0.3, -0.25) is 11.3 Å². The summed E-state index contributed by atoms with van der Waals surface area (Å²) < 4.78 is 0. The molecule has 0 radical (unpaired) electrons. The molecule has 0 aliphatic carbocycles. The van der Waals surface area contributed by atoms with Crippen LogP contribution in [0.15, 0.2) is 42.5 Å². The summed E-state index contributed by atoms with van der Waals surface area (Å²) in [5.74, 6) is 5.64. The highest BCUT2D eigenvalue weighted by Gasteiger charge is 2.08. The lowest BCUT2D eigenvalue weighted by Crippen LogP contribution is -2.27. The summed E-state index contributed by atoms with van der Waals surface area (Å²) in [5.41, 5.74) is 4.20. The number of nitrogens with two attached hydrogens (primary N) is 1. The maximum Gasteiger partial charge on any atom is 0.0460 e. The van der Waals surface area contributed by atoms with Crippen LogP contribution in [0.5, 0.6) is 0 Å². The second-order valence-electron chi connectivity index (χ2n) is 4.47. The van der Waals surface area contributed by atoms with E-state index in [0.717, 1.165) is 6.42 Å². The van der Waals surface area contributed by atoms with Crippen molar-refractivity contribution < 1.29 is 0 Å². The van der Waals surface area contributed by atoms with Crippen LogP contribution >= 0.6 is 0 Å². The number of fused-ring (bicyclic) bond motifs is 1. The number of unbranched alkanes of at least 4 members (excludes halogenated alkanes) is 1. The average molecular weight is 228 g/mol. The van der Waals surface area contributed by atoms with Crippen molar-refractivity contribution in [2.24, 2.45) is 5.84 Å². The van der Waals surface area contributed by atoms with Crippen molar-refractivity contribution in [2.75, 3.05) is 0 Å². The third kappa shape index (κ3) is 2.84. The molecule has 2 aromatic carbocycles. The van der Waals surface area contributed by atoms with Crippen LogP contribution in [0.2, 0.25) is 0 Å². The van der Waals surface area contributed by atoms with E-state index < -0.39 is 0 Å². The van der Waals surface area contributed by atoms with Gasteiger partial charge in [0, 0.05) is 6.04 Å². The normalized spacial score (nSPS) is 12.8. The van der Waals surface area contributed by atoms with Gasteiger partial charge in [-0.2, -0.15) is 0 Å². The van der Waals surface area contributed by atoms with Crippen LogP contribution in [0.1, 0.15) is 37.8 Å². The van der Waals surface area contributed by atoms with E-state index in [1.54, 1.807) is 0 Å². The molecule has 2 aromatic rings. The highest BCUT2D eigenvalue weighted by Crippen LogP contribution is 2.23. The smallest absolute Gasteiger partial charge is 0.0460 e. The number of hydrogen-bond donors (Lipinski definition) is 2. The van der Waals surface area contributed by atoms with Crippen LogP contribution in [-0.2, 0) is 0 Å². The number of hydrogen-bond acceptors (Lipinski definition) is 2. The summed E-state index contributed by atoms with van der Waals surface area (Å²) in [7, 11) is 0. The fraction of sp³-hybridized carbons (Fsp3) is 0.333. The van der Waals surface area contributed by atoms with Gasteiger partial charge >= 0.3 is 0 Å². The molecule has 0 saturated heterocycles. The largest absolute Gasteiger partial charge is 0.271 e. The zero-order chi connectivity index (χ0) is 12.1. The van der Waals surface area contributed by atoms with Gasteiger partial charge in [0.1, 0.15) is 0 Å². The molecule has 90 valence electrons. The zero-order valence-electron chi connectivity index (χ0n) is 10.3. The average Bonchev–Trinajstić information content (AvgIpc) is 2.39. The molecule has 0 aliphatic rings. The van der Waals surface area contributed by atoms with Crippen molar-refractivity contribution in [3.8, 4) is 0 Å². The Morgan fingerprint density at radius 3 is 2.59 bits per heavy atom. The third-order valence-electron chi connectivity index (χ3n) is 3.22. The topological polar surface area (TPSA) is 38.0 Å². The molecule has 2 heteroatoms. The molecule has 0 bridgehead atoms. The molecule has 17 heavy (non-hydrogen) atoms. The predicted molar refractivity (Wildman–Crippen MR) is 73.5 cm³/mol. The van der Waals surface area contributed by atoms with Gasteiger partial charge in [-0.15, -0.1) is 0 Å². The van der Waals surface area contributed by atoms with E-state index in [9.17, 15) is 0 Å². The third-order valence-corrected chi connectivity index (χ3v) is 3.22. The molecule has 0 aromatic heterocycles. The Hall–Kier alpha value is -1.38. The van der Waals surface area contributed by atoms with Crippen molar-refractivity contribution in [3.63, 3.8) is 0 Å². The summed E-state index contributed by atoms with van der Waals surface area (Å²) in [5, 5.41) is 2.56. The molecular weight excluding hydrogens is 208 g/mol. The first-order valence-electron chi connectivity index (χ1n) is 6.30. The lowest BCUT2D eigenvalue weighted by Gasteiger charge is -2.16. The van der Waals surface area contributed by atoms with Gasteiger partial charge in [0.15, 0.2) is 0 Å². The van der Waals surface area contributed by atoms with E-state index in [4.69, 9.17) is 5.84 Å². The summed E-state index contributed by atoms with van der Waals surface area (Å²) >= 11 is 0. The van der Waals surface area contributed by atoms with Crippen molar-refractivity contribution in [1.82, 2.24) is 5.43 Å². The minimum absolute atomic E-state index is 0.263. The molecule has 1 atom stereocenters. The van der Waals surface area contributed by atoms with Crippen LogP contribution in [-0.4, -0.2) is 0 Å². The molecule has 0 fully saturated rings. The summed E-state index contributed by atoms with van der Waals surface area (Å²) in [4.78, 5) is 0. The first-order chi connectivity index (χ1) is 8.35. The van der Waals surface area contributed by atoms with Crippen molar-refractivity contribution in [1.29, 1.82) is 0 Å². The van der Waals surface area contributed by atoms with Crippen LogP contribution in [0.4, 0.5) is 0 Å². The number of benzene rings is 2. The van der Waals surface area contributed by atoms with Gasteiger partial charge < -0.3 is 0 Å². The number of hydrazine groups is 1. The highest BCUT2D eigenvalue weighted by atomic mass is 15.2. The molecule has 0 amide bonds. The Morgan fingerprint density at radius 1 is 1.12 bits per heavy atom. The van der Waals surface area contributed by atoms with E-state index in [1.807, 2.05) is 0 Å². The van der Waals surface area contributed by atoms with Gasteiger partial charge in [0.2, 0.25) is 0 Å². The first kappa shape index (κ1) is 12.1. The van der Waals surface area contributed by atoms with Gasteiger partial charge in [0.25, 0.3) is 0 Å². The highest BCUT2D eigenvalue weighted by molar-refractivity contribution is 5.83. The summed E-state index contributed by atoms with van der Waals surface area (Å²) in [6.07, 6.45) is 3.48. The zero-order valence-corrected chi connectivity index (χ0v) is 10.3. The minimum atomic E-state index is 0.263. The SMILES string of the molecule is CCCCC(NN)c1ccc2ccccc2c1. The van der Waals surface area contributed by atoms with Crippen LogP contribution < -0.4 is 11.3 Å². The first-order valence-corrected chi connectivity index (χ1v) is 6.30. The Kier molecular flexibility index (Phi) is 4.13. The molecule has 2 nitrogen and oxygen atoms in total.